The first-order chi connectivity index (χ1) is 7.58. The van der Waals surface area contributed by atoms with Crippen molar-refractivity contribution in [1.82, 2.24) is 15.0 Å². The van der Waals surface area contributed by atoms with E-state index in [2.05, 4.69) is 15.0 Å². The van der Waals surface area contributed by atoms with Gasteiger partial charge in [0.05, 0.1) is 22.6 Å². The van der Waals surface area contributed by atoms with Crippen molar-refractivity contribution < 1.29 is 0 Å². The van der Waals surface area contributed by atoms with Crippen molar-refractivity contribution in [3.8, 4) is 11.3 Å². The highest BCUT2D eigenvalue weighted by Crippen LogP contribution is 2.26. The Morgan fingerprint density at radius 2 is 1.94 bits per heavy atom. The van der Waals surface area contributed by atoms with Gasteiger partial charge in [0.15, 0.2) is 0 Å². The maximum atomic E-state index is 5.88. The Labute approximate surface area is 102 Å². The van der Waals surface area contributed by atoms with Gasteiger partial charge in [0.25, 0.3) is 0 Å². The van der Waals surface area contributed by atoms with E-state index in [-0.39, 0.29) is 5.15 Å². The van der Waals surface area contributed by atoms with Crippen molar-refractivity contribution in [3.63, 3.8) is 0 Å². The van der Waals surface area contributed by atoms with Gasteiger partial charge in [-0.2, -0.15) is 0 Å². The Morgan fingerprint density at radius 1 is 1.19 bits per heavy atom. The number of rotatable bonds is 1. The Balaban J connectivity index is 2.54. The number of halogens is 2. The highest BCUT2D eigenvalue weighted by molar-refractivity contribution is 6.41. The van der Waals surface area contributed by atoms with Crippen LogP contribution in [-0.2, 0) is 0 Å². The number of nitrogen functional groups attached to an aromatic ring is 1. The molecule has 0 radical (unpaired) electrons. The molecule has 2 aromatic rings. The highest BCUT2D eigenvalue weighted by atomic mass is 35.5. The molecule has 4 nitrogen and oxygen atoms in total. The second-order valence-corrected chi connectivity index (χ2v) is 3.99. The predicted octanol–water partition coefficient (Wildman–Crippen LogP) is 2.74. The third-order valence-electron chi connectivity index (χ3n) is 2.04. The number of aryl methyl sites for hydroxylation is 1. The zero-order chi connectivity index (χ0) is 11.7. The number of anilines is 1. The Kier molecular flexibility index (Phi) is 2.94. The summed E-state index contributed by atoms with van der Waals surface area (Å²) in [5, 5.41) is 0.656. The second-order valence-electron chi connectivity index (χ2n) is 3.23. The van der Waals surface area contributed by atoms with Crippen LogP contribution in [-0.4, -0.2) is 15.0 Å². The fraction of sp³-hybridized carbons (Fsp3) is 0.100. The minimum absolute atomic E-state index is 0.270. The molecule has 0 spiro atoms. The Morgan fingerprint density at radius 3 is 2.56 bits per heavy atom. The van der Waals surface area contributed by atoms with Crippen LogP contribution in [0.25, 0.3) is 11.3 Å². The normalized spacial score (nSPS) is 10.4. The number of nitrogens with zero attached hydrogens (tertiary/aromatic N) is 3. The molecule has 2 heterocycles. The quantitative estimate of drug-likeness (QED) is 0.795. The largest absolute Gasteiger partial charge is 0.382 e. The van der Waals surface area contributed by atoms with E-state index >= 15 is 0 Å². The maximum absolute atomic E-state index is 5.88. The first-order valence-electron chi connectivity index (χ1n) is 4.48. The van der Waals surface area contributed by atoms with Crippen LogP contribution in [0.4, 0.5) is 5.82 Å². The molecule has 0 amide bonds. The summed E-state index contributed by atoms with van der Waals surface area (Å²) in [5.74, 6) is 0.384. The minimum atomic E-state index is 0.270. The Hall–Kier alpha value is -1.39. The van der Waals surface area contributed by atoms with Gasteiger partial charge in [0.2, 0.25) is 0 Å². The van der Waals surface area contributed by atoms with E-state index in [9.17, 15) is 0 Å². The molecular formula is C10H8Cl2N4. The monoisotopic (exact) mass is 254 g/mol. The standard InChI is InChI=1S/C10H8Cl2N4/c1-5-9(14-4-8(13)16-5)6-2-7(11)10(12)15-3-6/h2-4H,1H3,(H2,13,16). The zero-order valence-electron chi connectivity index (χ0n) is 8.41. The van der Waals surface area contributed by atoms with E-state index in [4.69, 9.17) is 28.9 Å². The lowest BCUT2D eigenvalue weighted by Crippen LogP contribution is -1.97. The molecule has 0 fully saturated rings. The molecule has 2 aromatic heterocycles. The summed E-state index contributed by atoms with van der Waals surface area (Å²) >= 11 is 11.6. The summed E-state index contributed by atoms with van der Waals surface area (Å²) in [5.41, 5.74) is 7.70. The van der Waals surface area contributed by atoms with Gasteiger partial charge >= 0.3 is 0 Å². The summed E-state index contributed by atoms with van der Waals surface area (Å²) in [4.78, 5) is 12.3. The molecule has 0 saturated carbocycles. The van der Waals surface area contributed by atoms with Gasteiger partial charge in [0, 0.05) is 11.8 Å². The highest BCUT2D eigenvalue weighted by Gasteiger charge is 2.08. The lowest BCUT2D eigenvalue weighted by Gasteiger charge is -2.05. The summed E-state index contributed by atoms with van der Waals surface area (Å²) < 4.78 is 0. The van der Waals surface area contributed by atoms with Crippen LogP contribution in [0.2, 0.25) is 10.2 Å². The molecule has 0 aromatic carbocycles. The van der Waals surface area contributed by atoms with Crippen molar-refractivity contribution in [2.45, 2.75) is 6.92 Å². The molecule has 2 rings (SSSR count). The number of hydrogen-bond acceptors (Lipinski definition) is 4. The fourth-order valence-electron chi connectivity index (χ4n) is 1.33. The predicted molar refractivity (Wildman–Crippen MR) is 64.4 cm³/mol. The average Bonchev–Trinajstić information content (AvgIpc) is 2.22. The molecule has 0 saturated heterocycles. The summed E-state index contributed by atoms with van der Waals surface area (Å²) in [6.45, 7) is 1.82. The van der Waals surface area contributed by atoms with Crippen LogP contribution in [0, 0.1) is 6.92 Å². The van der Waals surface area contributed by atoms with Gasteiger partial charge in [0.1, 0.15) is 11.0 Å². The second kappa shape index (κ2) is 4.23. The third-order valence-corrected chi connectivity index (χ3v) is 2.72. The first-order valence-corrected chi connectivity index (χ1v) is 5.24. The molecule has 6 heteroatoms. The van der Waals surface area contributed by atoms with Gasteiger partial charge in [-0.1, -0.05) is 23.2 Å². The van der Waals surface area contributed by atoms with E-state index in [1.807, 2.05) is 6.92 Å². The zero-order valence-corrected chi connectivity index (χ0v) is 9.92. The van der Waals surface area contributed by atoms with Crippen LogP contribution in [0.15, 0.2) is 18.5 Å². The third kappa shape index (κ3) is 2.08. The smallest absolute Gasteiger partial charge is 0.147 e. The van der Waals surface area contributed by atoms with Crippen molar-refractivity contribution in [3.05, 3.63) is 34.3 Å². The SMILES string of the molecule is Cc1nc(N)cnc1-c1cnc(Cl)c(Cl)c1. The van der Waals surface area contributed by atoms with Crippen LogP contribution in [0.3, 0.4) is 0 Å². The molecule has 16 heavy (non-hydrogen) atoms. The Bertz CT molecular complexity index is 542. The summed E-state index contributed by atoms with van der Waals surface area (Å²) in [7, 11) is 0. The molecule has 0 unspecified atom stereocenters. The average molecular weight is 255 g/mol. The maximum Gasteiger partial charge on any atom is 0.147 e. The molecule has 0 aliphatic rings. The fourth-order valence-corrected chi connectivity index (χ4v) is 1.60. The molecule has 82 valence electrons. The van der Waals surface area contributed by atoms with Crippen molar-refractivity contribution in [2.75, 3.05) is 5.73 Å². The van der Waals surface area contributed by atoms with Gasteiger partial charge in [-0.3, -0.25) is 4.98 Å². The van der Waals surface area contributed by atoms with Gasteiger partial charge in [-0.15, -0.1) is 0 Å². The molecule has 0 aliphatic heterocycles. The minimum Gasteiger partial charge on any atom is -0.382 e. The van der Waals surface area contributed by atoms with Crippen LogP contribution < -0.4 is 5.73 Å². The lowest BCUT2D eigenvalue weighted by molar-refractivity contribution is 1.13. The summed E-state index contributed by atoms with van der Waals surface area (Å²) in [6, 6.07) is 1.70. The van der Waals surface area contributed by atoms with Gasteiger partial charge < -0.3 is 5.73 Å². The lowest BCUT2D eigenvalue weighted by atomic mass is 10.2. The van der Waals surface area contributed by atoms with Crippen LogP contribution >= 0.6 is 23.2 Å². The van der Waals surface area contributed by atoms with Crippen molar-refractivity contribution in [1.29, 1.82) is 0 Å². The van der Waals surface area contributed by atoms with Crippen LogP contribution in [0.1, 0.15) is 5.69 Å². The van der Waals surface area contributed by atoms with Gasteiger partial charge in [-0.25, -0.2) is 9.97 Å². The van der Waals surface area contributed by atoms with E-state index in [1.54, 1.807) is 12.3 Å². The molecular weight excluding hydrogens is 247 g/mol. The summed E-state index contributed by atoms with van der Waals surface area (Å²) in [6.07, 6.45) is 3.09. The molecule has 2 N–H and O–H groups in total. The van der Waals surface area contributed by atoms with E-state index in [0.29, 0.717) is 16.5 Å². The topological polar surface area (TPSA) is 64.7 Å². The number of aromatic nitrogens is 3. The van der Waals surface area contributed by atoms with Gasteiger partial charge in [-0.05, 0) is 13.0 Å². The molecule has 0 aliphatic carbocycles. The van der Waals surface area contributed by atoms with E-state index in [1.165, 1.54) is 6.20 Å². The van der Waals surface area contributed by atoms with E-state index in [0.717, 1.165) is 11.3 Å². The van der Waals surface area contributed by atoms with Crippen molar-refractivity contribution in [2.24, 2.45) is 0 Å². The number of nitrogens with two attached hydrogens (primary N) is 1. The number of pyridine rings is 1. The van der Waals surface area contributed by atoms with E-state index < -0.39 is 0 Å². The molecule has 0 atom stereocenters. The number of hydrogen-bond donors (Lipinski definition) is 1. The molecule has 0 bridgehead atoms. The van der Waals surface area contributed by atoms with Crippen LogP contribution in [0.5, 0.6) is 0 Å². The first kappa shape index (κ1) is 11.1. The van der Waals surface area contributed by atoms with Crippen molar-refractivity contribution >= 4 is 29.0 Å².